The first kappa shape index (κ1) is 13.4. The first-order valence-electron chi connectivity index (χ1n) is 5.97. The van der Waals surface area contributed by atoms with E-state index in [1.807, 2.05) is 18.0 Å². The smallest absolute Gasteiger partial charge is 0.126 e. The molecule has 1 heterocycles. The Hall–Kier alpha value is -0.700. The lowest BCUT2D eigenvalue weighted by atomic mass is 10.0. The molecule has 0 saturated heterocycles. The normalized spacial score (nSPS) is 10.8. The number of pyridine rings is 1. The van der Waals surface area contributed by atoms with E-state index in [4.69, 9.17) is 0 Å². The van der Waals surface area contributed by atoms with Crippen LogP contribution in [0.3, 0.4) is 0 Å². The van der Waals surface area contributed by atoms with Gasteiger partial charge in [-0.1, -0.05) is 26.7 Å². The molecule has 0 spiro atoms. The zero-order valence-electron chi connectivity index (χ0n) is 10.5. The second-order valence-corrected chi connectivity index (χ2v) is 4.91. The predicted octanol–water partition coefficient (Wildman–Crippen LogP) is 3.79. The van der Waals surface area contributed by atoms with Crippen LogP contribution in [0.25, 0.3) is 0 Å². The van der Waals surface area contributed by atoms with E-state index in [-0.39, 0.29) is 0 Å². The van der Waals surface area contributed by atoms with Crippen molar-refractivity contribution in [3.05, 3.63) is 23.9 Å². The number of thioether (sulfide) groups is 1. The Morgan fingerprint density at radius 3 is 2.75 bits per heavy atom. The third kappa shape index (κ3) is 4.44. The minimum Gasteiger partial charge on any atom is -0.370 e. The average Bonchev–Trinajstić information content (AvgIpc) is 2.31. The van der Waals surface area contributed by atoms with Gasteiger partial charge in [-0.25, -0.2) is 4.98 Å². The molecule has 0 aliphatic carbocycles. The van der Waals surface area contributed by atoms with E-state index < -0.39 is 0 Å². The number of rotatable bonds is 7. The monoisotopic (exact) mass is 238 g/mol. The molecule has 0 unspecified atom stereocenters. The molecular formula is C13H22N2S. The molecule has 0 aliphatic heterocycles. The minimum atomic E-state index is 0.756. The van der Waals surface area contributed by atoms with Gasteiger partial charge >= 0.3 is 0 Å². The topological polar surface area (TPSA) is 24.9 Å². The van der Waals surface area contributed by atoms with Crippen molar-refractivity contribution in [1.82, 2.24) is 4.98 Å². The highest BCUT2D eigenvalue weighted by Gasteiger charge is 2.03. The van der Waals surface area contributed by atoms with Crippen LogP contribution in [-0.2, 0) is 5.75 Å². The Morgan fingerprint density at radius 2 is 2.12 bits per heavy atom. The van der Waals surface area contributed by atoms with Gasteiger partial charge in [-0.15, -0.1) is 0 Å². The van der Waals surface area contributed by atoms with Gasteiger partial charge in [0.25, 0.3) is 0 Å². The highest BCUT2D eigenvalue weighted by atomic mass is 32.2. The van der Waals surface area contributed by atoms with Crippen LogP contribution >= 0.6 is 11.8 Å². The van der Waals surface area contributed by atoms with Gasteiger partial charge in [0.15, 0.2) is 0 Å². The molecule has 0 fully saturated rings. The lowest BCUT2D eigenvalue weighted by Crippen LogP contribution is -2.13. The van der Waals surface area contributed by atoms with E-state index >= 15 is 0 Å². The van der Waals surface area contributed by atoms with E-state index in [0.717, 1.165) is 24.0 Å². The predicted molar refractivity (Wildman–Crippen MR) is 74.0 cm³/mol. The van der Waals surface area contributed by atoms with Gasteiger partial charge in [0.1, 0.15) is 5.82 Å². The second-order valence-electron chi connectivity index (χ2n) is 4.05. The first-order chi connectivity index (χ1) is 7.80. The molecule has 0 radical (unpaired) electrons. The maximum Gasteiger partial charge on any atom is 0.126 e. The Bertz CT molecular complexity index is 298. The zero-order chi connectivity index (χ0) is 11.8. The van der Waals surface area contributed by atoms with Gasteiger partial charge in [-0.05, 0) is 29.9 Å². The summed E-state index contributed by atoms with van der Waals surface area (Å²) in [5.74, 6) is 2.83. The van der Waals surface area contributed by atoms with E-state index in [0.29, 0.717) is 0 Å². The maximum absolute atomic E-state index is 4.34. The number of nitrogens with zero attached hydrogens (tertiary/aromatic N) is 1. The molecule has 16 heavy (non-hydrogen) atoms. The summed E-state index contributed by atoms with van der Waals surface area (Å²) in [7, 11) is 0. The quantitative estimate of drug-likeness (QED) is 0.782. The largest absolute Gasteiger partial charge is 0.370 e. The lowest BCUT2D eigenvalue weighted by Gasteiger charge is -2.14. The molecule has 1 rings (SSSR count). The van der Waals surface area contributed by atoms with Crippen LogP contribution in [0.15, 0.2) is 18.3 Å². The van der Waals surface area contributed by atoms with Crippen LogP contribution in [0.5, 0.6) is 0 Å². The third-order valence-electron chi connectivity index (χ3n) is 2.86. The van der Waals surface area contributed by atoms with Crippen LogP contribution in [0.4, 0.5) is 5.82 Å². The standard InChI is InChI=1S/C13H22N2S/c1-4-11(5-2)9-15-13-8-12(10-16-3)6-7-14-13/h6-8,11H,4-5,9-10H2,1-3H3,(H,14,15). The summed E-state index contributed by atoms with van der Waals surface area (Å²) < 4.78 is 0. The fourth-order valence-corrected chi connectivity index (χ4v) is 2.17. The van der Waals surface area contributed by atoms with Gasteiger partial charge in [0, 0.05) is 18.5 Å². The van der Waals surface area contributed by atoms with Crippen molar-refractivity contribution in [2.75, 3.05) is 18.1 Å². The molecule has 3 heteroatoms. The molecule has 1 aromatic rings. The van der Waals surface area contributed by atoms with Crippen molar-refractivity contribution < 1.29 is 0 Å². The average molecular weight is 238 g/mol. The van der Waals surface area contributed by atoms with Gasteiger partial charge in [0.05, 0.1) is 0 Å². The number of nitrogens with one attached hydrogen (secondary N) is 1. The summed E-state index contributed by atoms with van der Waals surface area (Å²) in [5.41, 5.74) is 1.34. The molecule has 0 bridgehead atoms. The molecule has 0 aromatic carbocycles. The van der Waals surface area contributed by atoms with Gasteiger partial charge in [-0.3, -0.25) is 0 Å². The number of hydrogen-bond donors (Lipinski definition) is 1. The zero-order valence-corrected chi connectivity index (χ0v) is 11.3. The van der Waals surface area contributed by atoms with E-state index in [1.165, 1.54) is 18.4 Å². The van der Waals surface area contributed by atoms with Crippen LogP contribution in [0, 0.1) is 5.92 Å². The Balaban J connectivity index is 2.49. The van der Waals surface area contributed by atoms with Crippen LogP contribution < -0.4 is 5.32 Å². The van der Waals surface area contributed by atoms with E-state index in [9.17, 15) is 0 Å². The van der Waals surface area contributed by atoms with Crippen LogP contribution in [0.1, 0.15) is 32.3 Å². The second kappa shape index (κ2) is 7.55. The Morgan fingerprint density at radius 1 is 1.38 bits per heavy atom. The molecule has 90 valence electrons. The summed E-state index contributed by atoms with van der Waals surface area (Å²) in [5, 5.41) is 3.43. The van der Waals surface area contributed by atoms with Gasteiger partial charge in [0.2, 0.25) is 0 Å². The molecular weight excluding hydrogens is 216 g/mol. The number of anilines is 1. The first-order valence-corrected chi connectivity index (χ1v) is 7.37. The fourth-order valence-electron chi connectivity index (χ4n) is 1.65. The van der Waals surface area contributed by atoms with Crippen molar-refractivity contribution >= 4 is 17.6 Å². The molecule has 2 nitrogen and oxygen atoms in total. The summed E-state index contributed by atoms with van der Waals surface area (Å²) in [4.78, 5) is 4.34. The molecule has 0 atom stereocenters. The summed E-state index contributed by atoms with van der Waals surface area (Å²) in [6.07, 6.45) is 6.47. The van der Waals surface area contributed by atoms with Crippen LogP contribution in [0.2, 0.25) is 0 Å². The SMILES string of the molecule is CCC(CC)CNc1cc(CSC)ccn1. The number of hydrogen-bond acceptors (Lipinski definition) is 3. The molecule has 1 aromatic heterocycles. The highest BCUT2D eigenvalue weighted by molar-refractivity contribution is 7.97. The Kier molecular flexibility index (Phi) is 6.31. The van der Waals surface area contributed by atoms with Crippen molar-refractivity contribution in [3.8, 4) is 0 Å². The number of aromatic nitrogens is 1. The van der Waals surface area contributed by atoms with Gasteiger partial charge in [-0.2, -0.15) is 11.8 Å². The fraction of sp³-hybridized carbons (Fsp3) is 0.615. The van der Waals surface area contributed by atoms with E-state index in [2.05, 4.69) is 42.5 Å². The van der Waals surface area contributed by atoms with E-state index in [1.54, 1.807) is 0 Å². The summed E-state index contributed by atoms with van der Waals surface area (Å²) in [6, 6.07) is 4.23. The Labute approximate surface area is 103 Å². The lowest BCUT2D eigenvalue weighted by molar-refractivity contribution is 0.518. The third-order valence-corrected chi connectivity index (χ3v) is 3.48. The van der Waals surface area contributed by atoms with Crippen LogP contribution in [-0.4, -0.2) is 17.8 Å². The highest BCUT2D eigenvalue weighted by Crippen LogP contribution is 2.14. The maximum atomic E-state index is 4.34. The van der Waals surface area contributed by atoms with Crippen molar-refractivity contribution in [2.24, 2.45) is 5.92 Å². The minimum absolute atomic E-state index is 0.756. The van der Waals surface area contributed by atoms with Crippen molar-refractivity contribution in [3.63, 3.8) is 0 Å². The molecule has 0 aliphatic rings. The molecule has 0 amide bonds. The van der Waals surface area contributed by atoms with Crippen molar-refractivity contribution in [2.45, 2.75) is 32.4 Å². The van der Waals surface area contributed by atoms with Crippen molar-refractivity contribution in [1.29, 1.82) is 0 Å². The molecule has 0 saturated carbocycles. The summed E-state index contributed by atoms with van der Waals surface area (Å²) in [6.45, 7) is 5.52. The summed E-state index contributed by atoms with van der Waals surface area (Å²) >= 11 is 1.84. The molecule has 1 N–H and O–H groups in total. The van der Waals surface area contributed by atoms with Gasteiger partial charge < -0.3 is 5.32 Å².